The second-order valence-corrected chi connectivity index (χ2v) is 6.22. The van der Waals surface area contributed by atoms with Gasteiger partial charge in [-0.15, -0.1) is 0 Å². The summed E-state index contributed by atoms with van der Waals surface area (Å²) in [5, 5.41) is 6.07. The number of halogens is 1. The van der Waals surface area contributed by atoms with Gasteiger partial charge in [0.2, 0.25) is 11.7 Å². The van der Waals surface area contributed by atoms with Gasteiger partial charge >= 0.3 is 0 Å². The van der Waals surface area contributed by atoms with Crippen molar-refractivity contribution in [1.82, 2.24) is 10.6 Å². The molecule has 2 N–H and O–H groups in total. The van der Waals surface area contributed by atoms with Crippen molar-refractivity contribution >= 4 is 5.91 Å². The monoisotopic (exact) mass is 390 g/mol. The molecule has 0 bridgehead atoms. The molecule has 0 aliphatic heterocycles. The lowest BCUT2D eigenvalue weighted by Crippen LogP contribution is -2.25. The molecule has 2 rings (SSSR count). The van der Waals surface area contributed by atoms with E-state index in [1.807, 2.05) is 12.1 Å². The van der Waals surface area contributed by atoms with E-state index < -0.39 is 0 Å². The summed E-state index contributed by atoms with van der Waals surface area (Å²) in [5.74, 6) is 1.13. The topological polar surface area (TPSA) is 68.8 Å². The van der Waals surface area contributed by atoms with Crippen molar-refractivity contribution in [2.75, 3.05) is 27.3 Å². The zero-order valence-electron chi connectivity index (χ0n) is 16.5. The number of hydrogen-bond donors (Lipinski definition) is 2. The third kappa shape index (κ3) is 6.42. The Morgan fingerprint density at radius 1 is 1.07 bits per heavy atom. The summed E-state index contributed by atoms with van der Waals surface area (Å²) in [5.41, 5.74) is 1.42. The van der Waals surface area contributed by atoms with Gasteiger partial charge < -0.3 is 24.8 Å². The van der Waals surface area contributed by atoms with Gasteiger partial charge in [0.15, 0.2) is 11.5 Å². The van der Waals surface area contributed by atoms with E-state index in [9.17, 15) is 9.18 Å². The first-order valence-electron chi connectivity index (χ1n) is 9.11. The molecule has 152 valence electrons. The maximum Gasteiger partial charge on any atom is 0.216 e. The number of methoxy groups -OCH3 is 2. The van der Waals surface area contributed by atoms with E-state index in [-0.39, 0.29) is 18.3 Å². The number of nitrogens with one attached hydrogen (secondary N) is 2. The molecule has 0 unspecified atom stereocenters. The van der Waals surface area contributed by atoms with Crippen molar-refractivity contribution in [3.63, 3.8) is 0 Å². The van der Waals surface area contributed by atoms with Gasteiger partial charge in [0.1, 0.15) is 12.4 Å². The number of rotatable bonds is 11. The lowest BCUT2D eigenvalue weighted by atomic mass is 10.1. The van der Waals surface area contributed by atoms with E-state index in [1.165, 1.54) is 13.0 Å². The summed E-state index contributed by atoms with van der Waals surface area (Å²) in [4.78, 5) is 10.8. The van der Waals surface area contributed by atoms with Crippen LogP contribution in [0.1, 0.15) is 24.5 Å². The Bertz CT molecular complexity index is 758. The third-order valence-electron chi connectivity index (χ3n) is 4.08. The number of amides is 1. The highest BCUT2D eigenvalue weighted by Gasteiger charge is 2.15. The van der Waals surface area contributed by atoms with Crippen molar-refractivity contribution in [2.45, 2.75) is 26.5 Å². The third-order valence-corrected chi connectivity index (χ3v) is 4.08. The van der Waals surface area contributed by atoms with Crippen molar-refractivity contribution in [1.29, 1.82) is 0 Å². The maximum atomic E-state index is 13.8. The van der Waals surface area contributed by atoms with Crippen LogP contribution in [0.5, 0.6) is 17.2 Å². The predicted octanol–water partition coefficient (Wildman–Crippen LogP) is 3.04. The van der Waals surface area contributed by atoms with Crippen LogP contribution in [0.3, 0.4) is 0 Å². The molecular formula is C21H27FN2O4. The molecule has 28 heavy (non-hydrogen) atoms. The second kappa shape index (κ2) is 11.1. The molecule has 0 aromatic heterocycles. The summed E-state index contributed by atoms with van der Waals surface area (Å²) in [6, 6.07) is 10.2. The molecule has 0 saturated carbocycles. The Balaban J connectivity index is 2.00. The molecule has 0 aliphatic rings. The second-order valence-electron chi connectivity index (χ2n) is 6.22. The smallest absolute Gasteiger partial charge is 0.216 e. The van der Waals surface area contributed by atoms with Crippen LogP contribution in [-0.4, -0.2) is 33.2 Å². The zero-order valence-corrected chi connectivity index (χ0v) is 16.5. The normalized spacial score (nSPS) is 10.4. The summed E-state index contributed by atoms with van der Waals surface area (Å²) >= 11 is 0. The van der Waals surface area contributed by atoms with Crippen LogP contribution in [0.25, 0.3) is 0 Å². The highest BCUT2D eigenvalue weighted by Crippen LogP contribution is 2.39. The number of benzene rings is 2. The Hall–Kier alpha value is -2.80. The SMILES string of the molecule is COc1cc(CNCCCNC(C)=O)cc(OC)c1OCc1ccccc1F. The molecular weight excluding hydrogens is 363 g/mol. The van der Waals surface area contributed by atoms with E-state index in [1.54, 1.807) is 32.4 Å². The van der Waals surface area contributed by atoms with Crippen LogP contribution in [0, 0.1) is 5.82 Å². The van der Waals surface area contributed by atoms with E-state index in [4.69, 9.17) is 14.2 Å². The number of carbonyl (C=O) groups is 1. The fraction of sp³-hybridized carbons (Fsp3) is 0.381. The van der Waals surface area contributed by atoms with Crippen LogP contribution in [-0.2, 0) is 17.9 Å². The molecule has 0 atom stereocenters. The van der Waals surface area contributed by atoms with Gasteiger partial charge in [-0.3, -0.25) is 4.79 Å². The summed E-state index contributed by atoms with van der Waals surface area (Å²) < 4.78 is 30.5. The molecule has 0 heterocycles. The minimum Gasteiger partial charge on any atom is -0.493 e. The predicted molar refractivity (Wildman–Crippen MR) is 105 cm³/mol. The largest absolute Gasteiger partial charge is 0.493 e. The van der Waals surface area contributed by atoms with Gasteiger partial charge in [0.25, 0.3) is 0 Å². The molecule has 0 saturated heterocycles. The van der Waals surface area contributed by atoms with Gasteiger partial charge in [0.05, 0.1) is 14.2 Å². The average molecular weight is 390 g/mol. The van der Waals surface area contributed by atoms with Crippen LogP contribution in [0.4, 0.5) is 4.39 Å². The van der Waals surface area contributed by atoms with Gasteiger partial charge in [0, 0.05) is 25.6 Å². The van der Waals surface area contributed by atoms with Crippen LogP contribution < -0.4 is 24.8 Å². The van der Waals surface area contributed by atoms with E-state index >= 15 is 0 Å². The molecule has 6 nitrogen and oxygen atoms in total. The van der Waals surface area contributed by atoms with Crippen LogP contribution in [0.2, 0.25) is 0 Å². The molecule has 7 heteroatoms. The molecule has 0 aliphatic carbocycles. The number of ether oxygens (including phenoxy) is 3. The lowest BCUT2D eigenvalue weighted by Gasteiger charge is -2.16. The van der Waals surface area contributed by atoms with Crippen molar-refractivity contribution in [2.24, 2.45) is 0 Å². The van der Waals surface area contributed by atoms with E-state index in [2.05, 4.69) is 10.6 Å². The summed E-state index contributed by atoms with van der Waals surface area (Å²) in [7, 11) is 3.10. The summed E-state index contributed by atoms with van der Waals surface area (Å²) in [6.45, 7) is 3.58. The molecule has 0 fully saturated rings. The quantitative estimate of drug-likeness (QED) is 0.577. The Morgan fingerprint density at radius 2 is 1.75 bits per heavy atom. The molecule has 0 radical (unpaired) electrons. The van der Waals surface area contributed by atoms with Gasteiger partial charge in [-0.05, 0) is 36.7 Å². The van der Waals surface area contributed by atoms with Gasteiger partial charge in [-0.2, -0.15) is 0 Å². The number of carbonyl (C=O) groups excluding carboxylic acids is 1. The Morgan fingerprint density at radius 3 is 2.36 bits per heavy atom. The van der Waals surface area contributed by atoms with E-state index in [0.717, 1.165) is 18.5 Å². The first-order valence-corrected chi connectivity index (χ1v) is 9.11. The first kappa shape index (κ1) is 21.5. The molecule has 2 aromatic carbocycles. The first-order chi connectivity index (χ1) is 13.5. The lowest BCUT2D eigenvalue weighted by molar-refractivity contribution is -0.118. The van der Waals surface area contributed by atoms with Crippen molar-refractivity contribution < 1.29 is 23.4 Å². The average Bonchev–Trinajstić information content (AvgIpc) is 2.69. The fourth-order valence-corrected chi connectivity index (χ4v) is 2.65. The number of hydrogen-bond acceptors (Lipinski definition) is 5. The minimum atomic E-state index is -0.319. The van der Waals surface area contributed by atoms with Crippen molar-refractivity contribution in [3.05, 3.63) is 53.3 Å². The zero-order chi connectivity index (χ0) is 20.4. The van der Waals surface area contributed by atoms with Crippen LogP contribution >= 0.6 is 0 Å². The van der Waals surface area contributed by atoms with Crippen LogP contribution in [0.15, 0.2) is 36.4 Å². The minimum absolute atomic E-state index is 0.0274. The standard InChI is InChI=1S/C21H27FN2O4/c1-15(25)24-10-6-9-23-13-16-11-19(26-2)21(20(12-16)27-3)28-14-17-7-4-5-8-18(17)22/h4-5,7-8,11-12,23H,6,9-10,13-14H2,1-3H3,(H,24,25). The molecule has 0 spiro atoms. The Labute approximate surface area is 165 Å². The van der Waals surface area contributed by atoms with E-state index in [0.29, 0.717) is 35.9 Å². The highest BCUT2D eigenvalue weighted by molar-refractivity contribution is 5.72. The Kier molecular flexibility index (Phi) is 8.55. The fourth-order valence-electron chi connectivity index (χ4n) is 2.65. The van der Waals surface area contributed by atoms with Gasteiger partial charge in [-0.1, -0.05) is 18.2 Å². The molecule has 2 aromatic rings. The maximum absolute atomic E-state index is 13.8. The van der Waals surface area contributed by atoms with Crippen molar-refractivity contribution in [3.8, 4) is 17.2 Å². The van der Waals surface area contributed by atoms with Gasteiger partial charge in [-0.25, -0.2) is 4.39 Å². The summed E-state index contributed by atoms with van der Waals surface area (Å²) in [6.07, 6.45) is 0.831. The highest BCUT2D eigenvalue weighted by atomic mass is 19.1. The molecule has 1 amide bonds.